The molecule has 1 aliphatic heterocycles. The van der Waals surface area contributed by atoms with Crippen molar-refractivity contribution in [3.8, 4) is 11.5 Å². The van der Waals surface area contributed by atoms with E-state index in [1.165, 1.54) is 11.8 Å². The predicted molar refractivity (Wildman–Crippen MR) is 110 cm³/mol. The Morgan fingerprint density at radius 3 is 2.50 bits per heavy atom. The number of benzene rings is 2. The number of methoxy groups -OCH3 is 2. The zero-order valence-corrected chi connectivity index (χ0v) is 17.5. The van der Waals surface area contributed by atoms with E-state index in [1.54, 1.807) is 51.1 Å². The summed E-state index contributed by atoms with van der Waals surface area (Å²) < 4.78 is 9.37. The Balaban J connectivity index is 1.84. The quantitative estimate of drug-likeness (QED) is 0.722. The van der Waals surface area contributed by atoms with Crippen LogP contribution in [-0.4, -0.2) is 49.8 Å². The lowest BCUT2D eigenvalue weighted by Crippen LogP contribution is -2.55. The van der Waals surface area contributed by atoms with Crippen LogP contribution in [0.2, 0.25) is 0 Å². The number of hydrogen-bond acceptors (Lipinski definition) is 5. The van der Waals surface area contributed by atoms with Crippen molar-refractivity contribution < 1.29 is 19.1 Å². The molecule has 1 unspecified atom stereocenters. The van der Waals surface area contributed by atoms with Crippen LogP contribution in [0.4, 0.5) is 5.69 Å². The van der Waals surface area contributed by atoms with E-state index in [-0.39, 0.29) is 11.8 Å². The van der Waals surface area contributed by atoms with Crippen LogP contribution >= 0.6 is 11.8 Å². The molecule has 2 aromatic rings. The number of para-hydroxylation sites is 1. The highest BCUT2D eigenvalue weighted by Crippen LogP contribution is 2.45. The van der Waals surface area contributed by atoms with Crippen molar-refractivity contribution in [1.82, 2.24) is 4.90 Å². The first-order chi connectivity index (χ1) is 13.3. The number of rotatable bonds is 5. The van der Waals surface area contributed by atoms with E-state index in [4.69, 9.17) is 9.47 Å². The Morgan fingerprint density at radius 1 is 1.14 bits per heavy atom. The topological polar surface area (TPSA) is 59.1 Å². The Kier molecular flexibility index (Phi) is 5.56. The average Bonchev–Trinajstić information content (AvgIpc) is 2.71. The molecule has 0 bridgehead atoms. The number of ether oxygens (including phenoxy) is 2. The molecule has 2 amide bonds. The third kappa shape index (κ3) is 3.42. The van der Waals surface area contributed by atoms with Crippen molar-refractivity contribution in [3.05, 3.63) is 48.0 Å². The molecule has 148 valence electrons. The van der Waals surface area contributed by atoms with Crippen molar-refractivity contribution in [2.45, 2.75) is 23.1 Å². The fourth-order valence-corrected chi connectivity index (χ4v) is 4.70. The van der Waals surface area contributed by atoms with E-state index in [2.05, 4.69) is 0 Å². The van der Waals surface area contributed by atoms with Crippen molar-refractivity contribution in [2.75, 3.05) is 33.2 Å². The lowest BCUT2D eigenvalue weighted by Gasteiger charge is -2.39. The van der Waals surface area contributed by atoms with Gasteiger partial charge in [0.2, 0.25) is 5.91 Å². The number of hydrogen-bond donors (Lipinski definition) is 0. The maximum absolute atomic E-state index is 13.3. The minimum Gasteiger partial charge on any atom is -0.493 e. The lowest BCUT2D eigenvalue weighted by molar-refractivity contribution is -0.137. The summed E-state index contributed by atoms with van der Waals surface area (Å²) in [5.74, 6) is 0.770. The van der Waals surface area contributed by atoms with Gasteiger partial charge in [-0.15, -0.1) is 0 Å². The second-order valence-corrected chi connectivity index (χ2v) is 8.28. The average molecular weight is 401 g/mol. The monoisotopic (exact) mass is 400 g/mol. The van der Waals surface area contributed by atoms with Crippen LogP contribution in [0.5, 0.6) is 11.5 Å². The molecule has 7 heteroatoms. The third-order valence-corrected chi connectivity index (χ3v) is 6.20. The van der Waals surface area contributed by atoms with E-state index in [9.17, 15) is 9.59 Å². The zero-order chi connectivity index (χ0) is 20.5. The first kappa shape index (κ1) is 20.1. The van der Waals surface area contributed by atoms with Crippen LogP contribution in [0, 0.1) is 0 Å². The summed E-state index contributed by atoms with van der Waals surface area (Å²) in [7, 11) is 6.57. The number of thioether (sulfide) groups is 1. The smallest absolute Gasteiger partial charge is 0.252 e. The molecule has 3 rings (SSSR count). The number of carbonyl (C=O) groups excluding carboxylic acids is 2. The van der Waals surface area contributed by atoms with Gasteiger partial charge in [0.25, 0.3) is 5.91 Å². The summed E-state index contributed by atoms with van der Waals surface area (Å²) in [6.07, 6.45) is 0. The van der Waals surface area contributed by atoms with Gasteiger partial charge in [0, 0.05) is 25.5 Å². The molecular weight excluding hydrogens is 376 g/mol. The van der Waals surface area contributed by atoms with Crippen molar-refractivity contribution in [2.24, 2.45) is 0 Å². The van der Waals surface area contributed by atoms with E-state index in [1.807, 2.05) is 36.4 Å². The maximum Gasteiger partial charge on any atom is 0.252 e. The van der Waals surface area contributed by atoms with E-state index in [0.717, 1.165) is 16.1 Å². The summed E-state index contributed by atoms with van der Waals surface area (Å²) in [6, 6.07) is 13.1. The molecule has 28 heavy (non-hydrogen) atoms. The van der Waals surface area contributed by atoms with E-state index < -0.39 is 4.75 Å². The summed E-state index contributed by atoms with van der Waals surface area (Å²) in [5, 5.41) is 0. The van der Waals surface area contributed by atoms with Gasteiger partial charge < -0.3 is 19.3 Å². The number of nitrogens with zero attached hydrogens (tertiary/aromatic N) is 2. The molecule has 2 aromatic carbocycles. The molecule has 0 aliphatic carbocycles. The summed E-state index contributed by atoms with van der Waals surface area (Å²) in [6.45, 7) is 2.05. The molecule has 0 N–H and O–H groups in total. The highest BCUT2D eigenvalue weighted by atomic mass is 32.2. The molecule has 0 saturated carbocycles. The Labute approximate surface area is 169 Å². The molecule has 0 spiro atoms. The van der Waals surface area contributed by atoms with Gasteiger partial charge in [-0.1, -0.05) is 30.0 Å². The largest absolute Gasteiger partial charge is 0.493 e. The van der Waals surface area contributed by atoms with Crippen molar-refractivity contribution in [1.29, 1.82) is 0 Å². The highest BCUT2D eigenvalue weighted by molar-refractivity contribution is 8.02. The van der Waals surface area contributed by atoms with Crippen LogP contribution in [0.3, 0.4) is 0 Å². The molecule has 0 saturated heterocycles. The number of fused-ring (bicyclic) bond motifs is 1. The molecule has 1 atom stereocenters. The van der Waals surface area contributed by atoms with E-state index in [0.29, 0.717) is 18.0 Å². The molecule has 6 nitrogen and oxygen atoms in total. The van der Waals surface area contributed by atoms with Crippen molar-refractivity contribution in [3.63, 3.8) is 0 Å². The standard InChI is InChI=1S/C21H24N2O4S/c1-21(20(25)23(3)15-8-6-7-9-18(15)28-21)19(24)22(2)13-14-10-11-16(26-4)17(12-14)27-5/h6-12H,13H2,1-5H3. The molecule has 0 fully saturated rings. The lowest BCUT2D eigenvalue weighted by atomic mass is 10.1. The van der Waals surface area contributed by atoms with Crippen LogP contribution in [0.15, 0.2) is 47.4 Å². The molecule has 1 heterocycles. The predicted octanol–water partition coefficient (Wildman–Crippen LogP) is 3.19. The highest BCUT2D eigenvalue weighted by Gasteiger charge is 2.49. The van der Waals surface area contributed by atoms with Gasteiger partial charge in [-0.3, -0.25) is 9.59 Å². The van der Waals surface area contributed by atoms with Gasteiger partial charge in [-0.2, -0.15) is 0 Å². The number of carbonyl (C=O) groups is 2. The van der Waals surface area contributed by atoms with Crippen LogP contribution in [-0.2, 0) is 16.1 Å². The van der Waals surface area contributed by atoms with Crippen LogP contribution < -0.4 is 14.4 Å². The minimum absolute atomic E-state index is 0.222. The first-order valence-electron chi connectivity index (χ1n) is 8.84. The van der Waals surface area contributed by atoms with Crippen LogP contribution in [0.25, 0.3) is 0 Å². The third-order valence-electron chi connectivity index (χ3n) is 4.88. The minimum atomic E-state index is -1.21. The summed E-state index contributed by atoms with van der Waals surface area (Å²) in [5.41, 5.74) is 1.71. The fourth-order valence-electron chi connectivity index (χ4n) is 3.34. The summed E-state index contributed by atoms with van der Waals surface area (Å²) >= 11 is 1.30. The molecular formula is C21H24N2O4S. The second-order valence-electron chi connectivity index (χ2n) is 6.82. The van der Waals surface area contributed by atoms with Gasteiger partial charge in [0.15, 0.2) is 16.2 Å². The number of anilines is 1. The second kappa shape index (κ2) is 7.75. The molecule has 0 aromatic heterocycles. The normalized spacial score (nSPS) is 18.5. The molecule has 0 radical (unpaired) electrons. The maximum atomic E-state index is 13.3. The van der Waals surface area contributed by atoms with Crippen molar-refractivity contribution >= 4 is 29.3 Å². The van der Waals surface area contributed by atoms with Gasteiger partial charge in [0.1, 0.15) is 0 Å². The molecule has 1 aliphatic rings. The Morgan fingerprint density at radius 2 is 1.82 bits per heavy atom. The van der Waals surface area contributed by atoms with E-state index >= 15 is 0 Å². The van der Waals surface area contributed by atoms with Gasteiger partial charge in [-0.05, 0) is 36.8 Å². The summed E-state index contributed by atoms with van der Waals surface area (Å²) in [4.78, 5) is 30.3. The Bertz CT molecular complexity index is 917. The van der Waals surface area contributed by atoms with Gasteiger partial charge >= 0.3 is 0 Å². The first-order valence-corrected chi connectivity index (χ1v) is 9.66. The fraction of sp³-hybridized carbons (Fsp3) is 0.333. The van der Waals surface area contributed by atoms with Gasteiger partial charge in [0.05, 0.1) is 19.9 Å². The number of amides is 2. The zero-order valence-electron chi connectivity index (χ0n) is 16.7. The van der Waals surface area contributed by atoms with Gasteiger partial charge in [-0.25, -0.2) is 0 Å². The Hall–Kier alpha value is -2.67. The van der Waals surface area contributed by atoms with Crippen LogP contribution in [0.1, 0.15) is 12.5 Å². The SMILES string of the molecule is COc1ccc(CN(C)C(=O)C2(C)Sc3ccccc3N(C)C2=O)cc1OC.